The molecule has 1 N–H and O–H groups in total. The van der Waals surface area contributed by atoms with E-state index in [1.54, 1.807) is 11.3 Å². The summed E-state index contributed by atoms with van der Waals surface area (Å²) in [5.74, 6) is 1.88. The molecule has 0 saturated carbocycles. The number of halogens is 1. The van der Waals surface area contributed by atoms with E-state index in [1.165, 1.54) is 0 Å². The van der Waals surface area contributed by atoms with E-state index < -0.39 is 0 Å². The molecule has 0 radical (unpaired) electrons. The Morgan fingerprint density at radius 1 is 1.35 bits per heavy atom. The molecule has 4 heteroatoms. The van der Waals surface area contributed by atoms with Crippen molar-refractivity contribution >= 4 is 22.9 Å². The van der Waals surface area contributed by atoms with Crippen LogP contribution in [-0.4, -0.2) is 7.05 Å². The van der Waals surface area contributed by atoms with Crippen molar-refractivity contribution in [1.29, 1.82) is 0 Å². The lowest BCUT2D eigenvalue weighted by atomic mass is 10.1. The van der Waals surface area contributed by atoms with Crippen LogP contribution in [0, 0.1) is 20.8 Å². The number of rotatable bonds is 3. The van der Waals surface area contributed by atoms with Crippen molar-refractivity contribution in [3.05, 3.63) is 44.0 Å². The average molecular weight is 270 g/mol. The molecule has 1 atom stereocenters. The highest BCUT2D eigenvalue weighted by atomic mass is 35.5. The molecule has 0 saturated heterocycles. The van der Waals surface area contributed by atoms with Crippen LogP contribution in [0.25, 0.3) is 0 Å². The van der Waals surface area contributed by atoms with E-state index in [2.05, 4.69) is 16.8 Å². The lowest BCUT2D eigenvalue weighted by molar-refractivity contribution is 0.497. The Morgan fingerprint density at radius 2 is 2.06 bits per heavy atom. The van der Waals surface area contributed by atoms with Gasteiger partial charge in [-0.15, -0.1) is 11.3 Å². The van der Waals surface area contributed by atoms with Crippen LogP contribution >= 0.6 is 22.9 Å². The first kappa shape index (κ1) is 12.7. The van der Waals surface area contributed by atoms with Crippen LogP contribution < -0.4 is 5.32 Å². The topological polar surface area (TPSA) is 25.2 Å². The van der Waals surface area contributed by atoms with E-state index in [-0.39, 0.29) is 6.04 Å². The molecule has 2 aromatic rings. The SMILES string of the molecule is CNC(c1cc(C)oc1C)c1scc(C)c1Cl. The Balaban J connectivity index is 2.47. The van der Waals surface area contributed by atoms with Crippen LogP contribution in [0.4, 0.5) is 0 Å². The molecule has 1 unspecified atom stereocenters. The Kier molecular flexibility index (Phi) is 3.61. The largest absolute Gasteiger partial charge is 0.466 e. The fourth-order valence-electron chi connectivity index (χ4n) is 2.01. The minimum absolute atomic E-state index is 0.110. The molecular weight excluding hydrogens is 254 g/mol. The highest BCUT2D eigenvalue weighted by Crippen LogP contribution is 2.37. The van der Waals surface area contributed by atoms with Gasteiger partial charge < -0.3 is 9.73 Å². The third-order valence-corrected chi connectivity index (χ3v) is 4.65. The van der Waals surface area contributed by atoms with Crippen LogP contribution in [0.2, 0.25) is 5.02 Å². The summed E-state index contributed by atoms with van der Waals surface area (Å²) in [4.78, 5) is 1.15. The Hall–Kier alpha value is -0.770. The standard InChI is InChI=1S/C13H16ClNOS/c1-7-6-17-13(11(7)14)12(15-4)10-5-8(2)16-9(10)3/h5-6,12,15H,1-4H3. The summed E-state index contributed by atoms with van der Waals surface area (Å²) in [6.45, 7) is 5.98. The molecule has 2 nitrogen and oxygen atoms in total. The van der Waals surface area contributed by atoms with Gasteiger partial charge >= 0.3 is 0 Å². The molecule has 0 fully saturated rings. The predicted molar refractivity (Wildman–Crippen MR) is 73.2 cm³/mol. The van der Waals surface area contributed by atoms with Crippen molar-refractivity contribution in [3.63, 3.8) is 0 Å². The van der Waals surface area contributed by atoms with Crippen LogP contribution in [0.1, 0.15) is 33.6 Å². The van der Waals surface area contributed by atoms with E-state index in [0.29, 0.717) is 0 Å². The highest BCUT2D eigenvalue weighted by Gasteiger charge is 2.22. The van der Waals surface area contributed by atoms with Gasteiger partial charge in [-0.05, 0) is 44.8 Å². The molecule has 2 heterocycles. The lowest BCUT2D eigenvalue weighted by Crippen LogP contribution is -2.17. The summed E-state index contributed by atoms with van der Waals surface area (Å²) in [5.41, 5.74) is 2.29. The van der Waals surface area contributed by atoms with Crippen molar-refractivity contribution in [2.75, 3.05) is 7.05 Å². The molecular formula is C13H16ClNOS. The van der Waals surface area contributed by atoms with Crippen LogP contribution in [0.5, 0.6) is 0 Å². The second-order valence-electron chi connectivity index (χ2n) is 4.19. The minimum Gasteiger partial charge on any atom is -0.466 e. The van der Waals surface area contributed by atoms with Gasteiger partial charge in [-0.25, -0.2) is 0 Å². The van der Waals surface area contributed by atoms with E-state index in [4.69, 9.17) is 16.0 Å². The quantitative estimate of drug-likeness (QED) is 0.902. The Labute approximate surface area is 111 Å². The molecule has 2 rings (SSSR count). The summed E-state index contributed by atoms with van der Waals surface area (Å²) < 4.78 is 5.59. The zero-order valence-electron chi connectivity index (χ0n) is 10.4. The first-order valence-corrected chi connectivity index (χ1v) is 6.78. The molecule has 0 bridgehead atoms. The van der Waals surface area contributed by atoms with Gasteiger partial charge in [-0.1, -0.05) is 11.6 Å². The zero-order valence-corrected chi connectivity index (χ0v) is 12.0. The van der Waals surface area contributed by atoms with Crippen LogP contribution in [-0.2, 0) is 0 Å². The zero-order chi connectivity index (χ0) is 12.6. The van der Waals surface area contributed by atoms with Gasteiger partial charge in [0.2, 0.25) is 0 Å². The predicted octanol–water partition coefficient (Wildman–Crippen LogP) is 4.23. The maximum atomic E-state index is 6.33. The van der Waals surface area contributed by atoms with E-state index in [9.17, 15) is 0 Å². The fourth-order valence-corrected chi connectivity index (χ4v) is 3.44. The van der Waals surface area contributed by atoms with E-state index in [1.807, 2.05) is 27.8 Å². The first-order chi connectivity index (χ1) is 8.04. The van der Waals surface area contributed by atoms with Gasteiger partial charge in [0.25, 0.3) is 0 Å². The number of hydrogen-bond acceptors (Lipinski definition) is 3. The van der Waals surface area contributed by atoms with Crippen molar-refractivity contribution in [1.82, 2.24) is 5.32 Å². The minimum atomic E-state index is 0.110. The summed E-state index contributed by atoms with van der Waals surface area (Å²) in [6, 6.07) is 2.18. The summed E-state index contributed by atoms with van der Waals surface area (Å²) in [5, 5.41) is 6.25. The number of hydrogen-bond donors (Lipinski definition) is 1. The third-order valence-electron chi connectivity index (χ3n) is 2.87. The van der Waals surface area contributed by atoms with Crippen molar-refractivity contribution in [2.45, 2.75) is 26.8 Å². The van der Waals surface area contributed by atoms with Gasteiger partial charge in [-0.3, -0.25) is 0 Å². The Morgan fingerprint density at radius 3 is 2.47 bits per heavy atom. The van der Waals surface area contributed by atoms with Gasteiger partial charge in [0, 0.05) is 10.4 Å². The van der Waals surface area contributed by atoms with Crippen LogP contribution in [0.3, 0.4) is 0 Å². The van der Waals surface area contributed by atoms with Gasteiger partial charge in [0.05, 0.1) is 11.1 Å². The smallest absolute Gasteiger partial charge is 0.106 e. The monoisotopic (exact) mass is 269 g/mol. The Bertz CT molecular complexity index is 528. The number of nitrogens with one attached hydrogen (secondary N) is 1. The lowest BCUT2D eigenvalue weighted by Gasteiger charge is -2.14. The molecule has 0 amide bonds. The third kappa shape index (κ3) is 2.28. The van der Waals surface area contributed by atoms with E-state index in [0.717, 1.165) is 32.5 Å². The van der Waals surface area contributed by atoms with Gasteiger partial charge in [-0.2, -0.15) is 0 Å². The van der Waals surface area contributed by atoms with Gasteiger partial charge in [0.15, 0.2) is 0 Å². The maximum Gasteiger partial charge on any atom is 0.106 e. The van der Waals surface area contributed by atoms with Crippen molar-refractivity contribution in [3.8, 4) is 0 Å². The molecule has 17 heavy (non-hydrogen) atoms. The average Bonchev–Trinajstić information content (AvgIpc) is 2.77. The second-order valence-corrected chi connectivity index (χ2v) is 5.48. The number of furan rings is 1. The summed E-state index contributed by atoms with van der Waals surface area (Å²) in [7, 11) is 1.94. The highest BCUT2D eigenvalue weighted by molar-refractivity contribution is 7.10. The molecule has 0 aliphatic rings. The second kappa shape index (κ2) is 4.84. The molecule has 92 valence electrons. The molecule has 0 spiro atoms. The first-order valence-electron chi connectivity index (χ1n) is 5.52. The number of thiophene rings is 1. The van der Waals surface area contributed by atoms with E-state index >= 15 is 0 Å². The van der Waals surface area contributed by atoms with Gasteiger partial charge in [0.1, 0.15) is 11.5 Å². The molecule has 2 aromatic heterocycles. The molecule has 0 aromatic carbocycles. The molecule has 0 aliphatic heterocycles. The maximum absolute atomic E-state index is 6.33. The fraction of sp³-hybridized carbons (Fsp3) is 0.385. The normalized spacial score (nSPS) is 13.0. The number of aryl methyl sites for hydroxylation is 3. The summed E-state index contributed by atoms with van der Waals surface area (Å²) >= 11 is 8.02. The molecule has 0 aliphatic carbocycles. The van der Waals surface area contributed by atoms with Crippen LogP contribution in [0.15, 0.2) is 15.9 Å². The van der Waals surface area contributed by atoms with Crippen molar-refractivity contribution in [2.24, 2.45) is 0 Å². The van der Waals surface area contributed by atoms with Crippen molar-refractivity contribution < 1.29 is 4.42 Å². The summed E-state index contributed by atoms with van der Waals surface area (Å²) in [6.07, 6.45) is 0.